The van der Waals surface area contributed by atoms with Crippen molar-refractivity contribution in [3.8, 4) is 0 Å². The minimum Gasteiger partial charge on any atom is -0.395 e. The molecule has 0 aromatic rings. The first-order chi connectivity index (χ1) is 14.8. The first kappa shape index (κ1) is 29.1. The zero-order chi connectivity index (χ0) is 23.5. The third-order valence-electron chi connectivity index (χ3n) is 5.28. The van der Waals surface area contributed by atoms with Crippen LogP contribution >= 0.6 is 0 Å². The Balaban J connectivity index is 4.15. The lowest BCUT2D eigenvalue weighted by molar-refractivity contribution is -0.117. The van der Waals surface area contributed by atoms with Gasteiger partial charge in [-0.05, 0) is 86.0 Å². The Morgan fingerprint density at radius 3 is 1.42 bits per heavy atom. The normalized spacial score (nSPS) is 14.2. The van der Waals surface area contributed by atoms with E-state index in [4.69, 9.17) is 10.2 Å². The standard InChI is InChI=1S/C27H45NO3/c1-22(10-6-11-23(2)14-8-15-25(4)18-20-29)12-7-13-24(3)16-9-17-26(5)27(31)28-19-21-30/h10,13-14,17-18,29-30H,6-9,11-12,15-16,19-21H2,1-5H3,(H,28,31). The second-order valence-corrected chi connectivity index (χ2v) is 8.41. The van der Waals surface area contributed by atoms with Crippen LogP contribution in [-0.2, 0) is 4.79 Å². The van der Waals surface area contributed by atoms with Crippen LogP contribution in [0.15, 0.2) is 58.2 Å². The average molecular weight is 432 g/mol. The van der Waals surface area contributed by atoms with Crippen molar-refractivity contribution in [3.05, 3.63) is 58.2 Å². The van der Waals surface area contributed by atoms with Gasteiger partial charge in [-0.25, -0.2) is 0 Å². The van der Waals surface area contributed by atoms with E-state index in [2.05, 4.69) is 51.2 Å². The molecule has 0 aliphatic heterocycles. The molecular weight excluding hydrogens is 386 g/mol. The van der Waals surface area contributed by atoms with Crippen LogP contribution in [0.5, 0.6) is 0 Å². The molecule has 0 atom stereocenters. The minimum absolute atomic E-state index is 0.0330. The molecule has 0 bridgehead atoms. The fraction of sp³-hybridized carbons (Fsp3) is 0.593. The van der Waals surface area contributed by atoms with Crippen LogP contribution in [0.25, 0.3) is 0 Å². The highest BCUT2D eigenvalue weighted by atomic mass is 16.3. The van der Waals surface area contributed by atoms with E-state index >= 15 is 0 Å². The van der Waals surface area contributed by atoms with Crippen LogP contribution in [-0.4, -0.2) is 35.9 Å². The maximum absolute atomic E-state index is 11.7. The van der Waals surface area contributed by atoms with Crippen molar-refractivity contribution in [1.82, 2.24) is 5.32 Å². The Hall–Kier alpha value is -1.91. The minimum atomic E-state index is -0.102. The lowest BCUT2D eigenvalue weighted by atomic mass is 10.0. The maximum atomic E-state index is 11.7. The van der Waals surface area contributed by atoms with Crippen molar-refractivity contribution in [3.63, 3.8) is 0 Å². The van der Waals surface area contributed by atoms with Gasteiger partial charge in [0, 0.05) is 12.1 Å². The van der Waals surface area contributed by atoms with Gasteiger partial charge in [0.2, 0.25) is 5.91 Å². The van der Waals surface area contributed by atoms with Gasteiger partial charge in [-0.15, -0.1) is 0 Å². The summed E-state index contributed by atoms with van der Waals surface area (Å²) in [5.41, 5.74) is 6.19. The number of rotatable bonds is 16. The highest BCUT2D eigenvalue weighted by Gasteiger charge is 2.02. The summed E-state index contributed by atoms with van der Waals surface area (Å²) < 4.78 is 0. The van der Waals surface area contributed by atoms with Crippen LogP contribution in [0.3, 0.4) is 0 Å². The molecule has 0 fully saturated rings. The van der Waals surface area contributed by atoms with Crippen LogP contribution in [0.2, 0.25) is 0 Å². The van der Waals surface area contributed by atoms with Gasteiger partial charge in [-0.1, -0.05) is 52.7 Å². The van der Waals surface area contributed by atoms with Crippen molar-refractivity contribution in [2.75, 3.05) is 19.8 Å². The molecule has 4 nitrogen and oxygen atoms in total. The van der Waals surface area contributed by atoms with Crippen molar-refractivity contribution >= 4 is 5.91 Å². The smallest absolute Gasteiger partial charge is 0.246 e. The molecule has 0 rings (SSSR count). The molecule has 4 heteroatoms. The van der Waals surface area contributed by atoms with Crippen LogP contribution in [0.4, 0.5) is 0 Å². The monoisotopic (exact) mass is 431 g/mol. The maximum Gasteiger partial charge on any atom is 0.246 e. The van der Waals surface area contributed by atoms with Crippen LogP contribution in [0, 0.1) is 0 Å². The number of carbonyl (C=O) groups is 1. The molecule has 0 heterocycles. The van der Waals surface area contributed by atoms with E-state index < -0.39 is 0 Å². The predicted octanol–water partition coefficient (Wildman–Crippen LogP) is 5.94. The second-order valence-electron chi connectivity index (χ2n) is 8.41. The molecule has 0 aliphatic rings. The number of amides is 1. The van der Waals surface area contributed by atoms with E-state index in [1.807, 2.05) is 19.1 Å². The summed E-state index contributed by atoms with van der Waals surface area (Å²) in [4.78, 5) is 11.7. The summed E-state index contributed by atoms with van der Waals surface area (Å²) in [6.45, 7) is 10.8. The van der Waals surface area contributed by atoms with Gasteiger partial charge >= 0.3 is 0 Å². The summed E-state index contributed by atoms with van der Waals surface area (Å²) in [5, 5.41) is 20.3. The zero-order valence-corrected chi connectivity index (χ0v) is 20.5. The van der Waals surface area contributed by atoms with E-state index in [-0.39, 0.29) is 19.1 Å². The predicted molar refractivity (Wildman–Crippen MR) is 133 cm³/mol. The number of carbonyl (C=O) groups excluding carboxylic acids is 1. The summed E-state index contributed by atoms with van der Waals surface area (Å²) >= 11 is 0. The number of aliphatic hydroxyl groups excluding tert-OH is 2. The first-order valence-corrected chi connectivity index (χ1v) is 11.6. The Kier molecular flexibility index (Phi) is 17.7. The second kappa shape index (κ2) is 18.8. The molecule has 0 aliphatic carbocycles. The lowest BCUT2D eigenvalue weighted by Crippen LogP contribution is -2.26. The van der Waals surface area contributed by atoms with E-state index in [0.717, 1.165) is 51.4 Å². The van der Waals surface area contributed by atoms with Crippen molar-refractivity contribution in [1.29, 1.82) is 0 Å². The van der Waals surface area contributed by atoms with E-state index in [0.29, 0.717) is 12.1 Å². The molecule has 0 aromatic carbocycles. The number of allylic oxidation sites excluding steroid dienone is 8. The third kappa shape index (κ3) is 17.5. The first-order valence-electron chi connectivity index (χ1n) is 11.6. The molecular formula is C27H45NO3. The highest BCUT2D eigenvalue weighted by molar-refractivity contribution is 5.92. The van der Waals surface area contributed by atoms with Gasteiger partial charge in [-0.2, -0.15) is 0 Å². The molecule has 0 saturated carbocycles. The Bertz CT molecular complexity index is 666. The summed E-state index contributed by atoms with van der Waals surface area (Å²) in [6.07, 6.45) is 19.0. The number of nitrogens with one attached hydrogen (secondary N) is 1. The quantitative estimate of drug-likeness (QED) is 0.209. The van der Waals surface area contributed by atoms with Gasteiger partial charge in [0.05, 0.1) is 13.2 Å². The SMILES string of the molecule is CC(=CCO)CCC=C(C)CCC=C(C)CCC=C(C)CCC=C(C)C(=O)NCCO. The summed E-state index contributed by atoms with van der Waals surface area (Å²) in [6, 6.07) is 0. The van der Waals surface area contributed by atoms with Gasteiger partial charge in [0.1, 0.15) is 0 Å². The number of aliphatic hydroxyl groups is 2. The molecule has 0 saturated heterocycles. The molecule has 0 unspecified atom stereocenters. The average Bonchev–Trinajstić information content (AvgIpc) is 2.72. The van der Waals surface area contributed by atoms with Gasteiger partial charge < -0.3 is 15.5 Å². The molecule has 3 N–H and O–H groups in total. The number of hydrogen-bond donors (Lipinski definition) is 3. The summed E-state index contributed by atoms with van der Waals surface area (Å²) in [5.74, 6) is -0.102. The van der Waals surface area contributed by atoms with Gasteiger partial charge in [0.15, 0.2) is 0 Å². The van der Waals surface area contributed by atoms with Crippen molar-refractivity contribution in [2.45, 2.75) is 86.0 Å². The van der Waals surface area contributed by atoms with E-state index in [1.54, 1.807) is 0 Å². The molecule has 0 aromatic heterocycles. The summed E-state index contributed by atoms with van der Waals surface area (Å²) in [7, 11) is 0. The van der Waals surface area contributed by atoms with Crippen molar-refractivity contribution in [2.24, 2.45) is 0 Å². The largest absolute Gasteiger partial charge is 0.395 e. The van der Waals surface area contributed by atoms with E-state index in [1.165, 1.54) is 22.3 Å². The Labute approximate surface area is 190 Å². The third-order valence-corrected chi connectivity index (χ3v) is 5.28. The van der Waals surface area contributed by atoms with Crippen molar-refractivity contribution < 1.29 is 15.0 Å². The lowest BCUT2D eigenvalue weighted by Gasteiger charge is -2.04. The van der Waals surface area contributed by atoms with Crippen LogP contribution in [0.1, 0.15) is 86.0 Å². The fourth-order valence-electron chi connectivity index (χ4n) is 3.12. The molecule has 0 radical (unpaired) electrons. The van der Waals surface area contributed by atoms with Gasteiger partial charge in [-0.3, -0.25) is 4.79 Å². The fourth-order valence-corrected chi connectivity index (χ4v) is 3.12. The topological polar surface area (TPSA) is 69.6 Å². The van der Waals surface area contributed by atoms with E-state index in [9.17, 15) is 4.79 Å². The van der Waals surface area contributed by atoms with Gasteiger partial charge in [0.25, 0.3) is 0 Å². The zero-order valence-electron chi connectivity index (χ0n) is 20.5. The Morgan fingerprint density at radius 1 is 0.645 bits per heavy atom. The Morgan fingerprint density at radius 2 is 1.03 bits per heavy atom. The molecule has 1 amide bonds. The molecule has 31 heavy (non-hydrogen) atoms. The number of hydrogen-bond acceptors (Lipinski definition) is 3. The molecule has 176 valence electrons. The highest BCUT2D eigenvalue weighted by Crippen LogP contribution is 2.14. The van der Waals surface area contributed by atoms with Crippen LogP contribution < -0.4 is 5.32 Å². The molecule has 0 spiro atoms.